The highest BCUT2D eigenvalue weighted by molar-refractivity contribution is 5.97. The quantitative estimate of drug-likeness (QED) is 0.454. The van der Waals surface area contributed by atoms with Crippen LogP contribution in [-0.2, 0) is 14.3 Å². The number of hydrogen-bond donors (Lipinski definition) is 3. The number of nitrogens with one attached hydrogen (secondary N) is 2. The lowest BCUT2D eigenvalue weighted by Gasteiger charge is -2.13. The average Bonchev–Trinajstić information content (AvgIpc) is 2.64. The molecule has 0 aliphatic carbocycles. The van der Waals surface area contributed by atoms with Crippen molar-refractivity contribution in [3.8, 4) is 0 Å². The van der Waals surface area contributed by atoms with Crippen molar-refractivity contribution in [1.82, 2.24) is 10.6 Å². The zero-order valence-corrected chi connectivity index (χ0v) is 14.5. The van der Waals surface area contributed by atoms with Crippen LogP contribution in [0.2, 0.25) is 0 Å². The molecule has 7 heteroatoms. The predicted molar refractivity (Wildman–Crippen MR) is 93.7 cm³/mol. The zero-order chi connectivity index (χ0) is 18.7. The molecule has 0 bridgehead atoms. The van der Waals surface area contributed by atoms with Gasteiger partial charge in [0.05, 0.1) is 13.7 Å². The highest BCUT2D eigenvalue weighted by Crippen LogP contribution is 2.09. The number of carbonyl (C=O) groups excluding carboxylic acids is 3. The molecule has 1 rings (SSSR count). The molecule has 0 aromatic heterocycles. The SMILES string of the molecule is CNC(=O)CCC/C=C\c1cccc(C(=O)N[C@H](CO)C(=O)OC)c1. The zero-order valence-electron chi connectivity index (χ0n) is 14.5. The molecule has 1 aromatic rings. The number of unbranched alkanes of at least 4 members (excludes halogenated alkanes) is 1. The summed E-state index contributed by atoms with van der Waals surface area (Å²) in [6, 6.07) is 5.77. The Kier molecular flexibility index (Phi) is 8.95. The Morgan fingerprint density at radius 1 is 1.32 bits per heavy atom. The van der Waals surface area contributed by atoms with Crippen molar-refractivity contribution in [2.45, 2.75) is 25.3 Å². The van der Waals surface area contributed by atoms with E-state index in [1.807, 2.05) is 18.2 Å². The van der Waals surface area contributed by atoms with Gasteiger partial charge in [-0.05, 0) is 30.5 Å². The lowest BCUT2D eigenvalue weighted by Crippen LogP contribution is -2.44. The summed E-state index contributed by atoms with van der Waals surface area (Å²) in [5.74, 6) is -1.17. The van der Waals surface area contributed by atoms with Gasteiger partial charge >= 0.3 is 5.97 Å². The summed E-state index contributed by atoms with van der Waals surface area (Å²) in [7, 11) is 2.79. The van der Waals surface area contributed by atoms with E-state index in [2.05, 4.69) is 15.4 Å². The van der Waals surface area contributed by atoms with Gasteiger partial charge in [0, 0.05) is 19.0 Å². The topological polar surface area (TPSA) is 105 Å². The van der Waals surface area contributed by atoms with Crippen molar-refractivity contribution >= 4 is 23.9 Å². The van der Waals surface area contributed by atoms with Crippen molar-refractivity contribution in [1.29, 1.82) is 0 Å². The highest BCUT2D eigenvalue weighted by atomic mass is 16.5. The van der Waals surface area contributed by atoms with Gasteiger partial charge in [0.25, 0.3) is 5.91 Å². The number of aliphatic hydroxyl groups excluding tert-OH is 1. The van der Waals surface area contributed by atoms with Crippen molar-refractivity contribution in [3.05, 3.63) is 41.5 Å². The fourth-order valence-electron chi connectivity index (χ4n) is 2.07. The molecule has 1 aromatic carbocycles. The second-order valence-electron chi connectivity index (χ2n) is 5.33. The molecule has 0 heterocycles. The number of benzene rings is 1. The highest BCUT2D eigenvalue weighted by Gasteiger charge is 2.21. The lowest BCUT2D eigenvalue weighted by molar-refractivity contribution is -0.143. The summed E-state index contributed by atoms with van der Waals surface area (Å²) in [5, 5.41) is 14.1. The summed E-state index contributed by atoms with van der Waals surface area (Å²) in [4.78, 5) is 34.7. The third kappa shape index (κ3) is 7.17. The van der Waals surface area contributed by atoms with Crippen LogP contribution >= 0.6 is 0 Å². The number of ether oxygens (including phenoxy) is 1. The van der Waals surface area contributed by atoms with Crippen LogP contribution in [0.1, 0.15) is 35.2 Å². The fourth-order valence-corrected chi connectivity index (χ4v) is 2.07. The molecule has 7 nitrogen and oxygen atoms in total. The first-order valence-corrected chi connectivity index (χ1v) is 7.98. The maximum absolute atomic E-state index is 12.2. The van der Waals surface area contributed by atoms with E-state index in [4.69, 9.17) is 5.11 Å². The number of hydrogen-bond acceptors (Lipinski definition) is 5. The van der Waals surface area contributed by atoms with E-state index in [0.717, 1.165) is 18.4 Å². The Bertz CT molecular complexity index is 628. The van der Waals surface area contributed by atoms with Gasteiger partial charge in [-0.2, -0.15) is 0 Å². The van der Waals surface area contributed by atoms with Gasteiger partial charge in [0.1, 0.15) is 0 Å². The first-order valence-electron chi connectivity index (χ1n) is 7.98. The van der Waals surface area contributed by atoms with Crippen LogP contribution in [0.15, 0.2) is 30.3 Å². The molecule has 0 aliphatic heterocycles. The first kappa shape index (κ1) is 20.4. The minimum atomic E-state index is -1.10. The molecule has 0 spiro atoms. The maximum Gasteiger partial charge on any atom is 0.330 e. The molecule has 2 amide bonds. The van der Waals surface area contributed by atoms with Gasteiger partial charge in [-0.15, -0.1) is 0 Å². The molecule has 0 saturated carbocycles. The van der Waals surface area contributed by atoms with Crippen LogP contribution in [0.3, 0.4) is 0 Å². The molecule has 136 valence electrons. The lowest BCUT2D eigenvalue weighted by atomic mass is 10.1. The van der Waals surface area contributed by atoms with Gasteiger partial charge < -0.3 is 20.5 Å². The minimum Gasteiger partial charge on any atom is -0.467 e. The average molecular weight is 348 g/mol. The molecular formula is C18H24N2O5. The predicted octanol–water partition coefficient (Wildman–Crippen LogP) is 0.880. The van der Waals surface area contributed by atoms with Crippen molar-refractivity contribution in [2.24, 2.45) is 0 Å². The van der Waals surface area contributed by atoms with Gasteiger partial charge in [-0.25, -0.2) is 4.79 Å². The van der Waals surface area contributed by atoms with Gasteiger partial charge in [0.2, 0.25) is 5.91 Å². The standard InChI is InChI=1S/C18H24N2O5/c1-19-16(22)10-5-3-4-7-13-8-6-9-14(11-13)17(23)20-15(12-21)18(24)25-2/h4,6-9,11,15,21H,3,5,10,12H2,1-2H3,(H,19,22)(H,20,23)/b7-4-/t15-/m1/s1. The van der Waals surface area contributed by atoms with Crippen molar-refractivity contribution < 1.29 is 24.2 Å². The van der Waals surface area contributed by atoms with E-state index in [1.165, 1.54) is 7.11 Å². The van der Waals surface area contributed by atoms with E-state index < -0.39 is 24.5 Å². The Balaban J connectivity index is 2.63. The number of carbonyl (C=O) groups is 3. The second-order valence-corrected chi connectivity index (χ2v) is 5.33. The fraction of sp³-hybridized carbons (Fsp3) is 0.389. The number of esters is 1. The van der Waals surface area contributed by atoms with E-state index >= 15 is 0 Å². The summed E-state index contributed by atoms with van der Waals surface area (Å²) in [6.07, 6.45) is 5.77. The van der Waals surface area contributed by atoms with Gasteiger partial charge in [-0.1, -0.05) is 24.3 Å². The molecule has 0 unspecified atom stereocenters. The number of rotatable bonds is 9. The van der Waals surface area contributed by atoms with Crippen LogP contribution in [0.25, 0.3) is 6.08 Å². The van der Waals surface area contributed by atoms with E-state index in [1.54, 1.807) is 25.2 Å². The number of aliphatic hydroxyl groups is 1. The maximum atomic E-state index is 12.2. The van der Waals surface area contributed by atoms with Gasteiger partial charge in [0.15, 0.2) is 6.04 Å². The monoisotopic (exact) mass is 348 g/mol. The molecule has 0 fully saturated rings. The normalized spacial score (nSPS) is 11.8. The Morgan fingerprint density at radius 2 is 2.08 bits per heavy atom. The number of allylic oxidation sites excluding steroid dienone is 1. The largest absolute Gasteiger partial charge is 0.467 e. The Labute approximate surface area is 147 Å². The van der Waals surface area contributed by atoms with Crippen LogP contribution in [0.4, 0.5) is 0 Å². The van der Waals surface area contributed by atoms with E-state index in [0.29, 0.717) is 12.0 Å². The van der Waals surface area contributed by atoms with Crippen LogP contribution < -0.4 is 10.6 Å². The van der Waals surface area contributed by atoms with E-state index in [9.17, 15) is 14.4 Å². The summed E-state index contributed by atoms with van der Waals surface area (Å²) in [5.41, 5.74) is 1.20. The summed E-state index contributed by atoms with van der Waals surface area (Å²) < 4.78 is 4.51. The molecule has 3 N–H and O–H groups in total. The first-order chi connectivity index (χ1) is 12.0. The third-order valence-electron chi connectivity index (χ3n) is 3.49. The van der Waals surface area contributed by atoms with Crippen LogP contribution in [0, 0.1) is 0 Å². The summed E-state index contributed by atoms with van der Waals surface area (Å²) >= 11 is 0. The molecule has 0 saturated heterocycles. The number of methoxy groups -OCH3 is 1. The summed E-state index contributed by atoms with van der Waals surface area (Å²) in [6.45, 7) is -0.538. The smallest absolute Gasteiger partial charge is 0.330 e. The van der Waals surface area contributed by atoms with Crippen LogP contribution in [-0.4, -0.2) is 49.7 Å². The molecule has 1 atom stereocenters. The van der Waals surface area contributed by atoms with E-state index in [-0.39, 0.29) is 5.91 Å². The minimum absolute atomic E-state index is 0.0103. The van der Waals surface area contributed by atoms with Gasteiger partial charge in [-0.3, -0.25) is 9.59 Å². The molecular weight excluding hydrogens is 324 g/mol. The molecule has 0 radical (unpaired) electrons. The Hall–Kier alpha value is -2.67. The second kappa shape index (κ2) is 11.0. The molecule has 25 heavy (non-hydrogen) atoms. The van der Waals surface area contributed by atoms with Crippen LogP contribution in [0.5, 0.6) is 0 Å². The Morgan fingerprint density at radius 3 is 2.72 bits per heavy atom. The number of amides is 2. The van der Waals surface area contributed by atoms with Crippen molar-refractivity contribution in [3.63, 3.8) is 0 Å². The third-order valence-corrected chi connectivity index (χ3v) is 3.49. The van der Waals surface area contributed by atoms with Crippen molar-refractivity contribution in [2.75, 3.05) is 20.8 Å². The molecule has 0 aliphatic rings.